The molecule has 1 unspecified atom stereocenters. The van der Waals surface area contributed by atoms with Gasteiger partial charge in [0.2, 0.25) is 15.9 Å². The lowest BCUT2D eigenvalue weighted by Crippen LogP contribution is -2.30. The van der Waals surface area contributed by atoms with Crippen LogP contribution in [-0.2, 0) is 14.8 Å². The summed E-state index contributed by atoms with van der Waals surface area (Å²) in [5.41, 5.74) is 3.15. The number of amides is 1. The van der Waals surface area contributed by atoms with Gasteiger partial charge in [-0.05, 0) is 53.5 Å². The van der Waals surface area contributed by atoms with Crippen LogP contribution in [0, 0.1) is 5.82 Å². The first-order chi connectivity index (χ1) is 15.8. The van der Waals surface area contributed by atoms with Crippen LogP contribution in [0.25, 0.3) is 6.08 Å². The number of rotatable bonds is 6. The van der Waals surface area contributed by atoms with Crippen LogP contribution in [0.1, 0.15) is 29.2 Å². The van der Waals surface area contributed by atoms with Gasteiger partial charge in [0.1, 0.15) is 5.82 Å². The Morgan fingerprint density at radius 2 is 1.61 bits per heavy atom. The van der Waals surface area contributed by atoms with Crippen LogP contribution < -0.4 is 4.31 Å². The molecule has 1 atom stereocenters. The summed E-state index contributed by atoms with van der Waals surface area (Å²) in [5.74, 6) is -0.365. The van der Waals surface area contributed by atoms with Crippen molar-refractivity contribution in [2.45, 2.75) is 12.5 Å². The summed E-state index contributed by atoms with van der Waals surface area (Å²) in [6.45, 7) is 0.491. The molecule has 3 aromatic carbocycles. The van der Waals surface area contributed by atoms with Crippen molar-refractivity contribution in [3.05, 3.63) is 107 Å². The highest BCUT2D eigenvalue weighted by Gasteiger charge is 2.28. The molecule has 3 aromatic rings. The molecular weight excluding hydrogens is 439 g/mol. The molecule has 0 aromatic heterocycles. The Hall–Kier alpha value is -3.45. The average molecular weight is 465 g/mol. The zero-order valence-electron chi connectivity index (χ0n) is 18.3. The first-order valence-electron chi connectivity index (χ1n) is 10.7. The highest BCUT2D eigenvalue weighted by atomic mass is 32.2. The monoisotopic (exact) mass is 464 g/mol. The summed E-state index contributed by atoms with van der Waals surface area (Å²) < 4.78 is 39.1. The van der Waals surface area contributed by atoms with E-state index in [0.29, 0.717) is 18.7 Å². The van der Waals surface area contributed by atoms with Crippen molar-refractivity contribution in [1.29, 1.82) is 0 Å². The van der Waals surface area contributed by atoms with Crippen molar-refractivity contribution < 1.29 is 17.6 Å². The largest absolute Gasteiger partial charge is 0.331 e. The van der Waals surface area contributed by atoms with Gasteiger partial charge < -0.3 is 4.90 Å². The van der Waals surface area contributed by atoms with Crippen molar-refractivity contribution in [2.24, 2.45) is 0 Å². The lowest BCUT2D eigenvalue weighted by Gasteiger charge is -2.28. The lowest BCUT2D eigenvalue weighted by molar-refractivity contribution is -0.126. The minimum absolute atomic E-state index is 0.173. The fourth-order valence-corrected chi connectivity index (χ4v) is 5.58. The second-order valence-corrected chi connectivity index (χ2v) is 9.99. The number of carbonyl (C=O) groups excluding carboxylic acids is 1. The molecule has 1 aliphatic heterocycles. The topological polar surface area (TPSA) is 57.7 Å². The Labute approximate surface area is 193 Å². The maximum absolute atomic E-state index is 13.5. The van der Waals surface area contributed by atoms with Crippen molar-refractivity contribution in [3.63, 3.8) is 0 Å². The van der Waals surface area contributed by atoms with Gasteiger partial charge in [0.25, 0.3) is 0 Å². The summed E-state index contributed by atoms with van der Waals surface area (Å²) in [7, 11) is -1.51. The number of benzene rings is 3. The Balaban J connectivity index is 1.53. The van der Waals surface area contributed by atoms with Crippen LogP contribution in [0.15, 0.2) is 84.9 Å². The number of hydrogen-bond donors (Lipinski definition) is 0. The number of likely N-dealkylation sites (N-methyl/N-ethyl adjacent to an activating group) is 1. The Morgan fingerprint density at radius 3 is 2.21 bits per heavy atom. The number of sulfonamides is 1. The number of nitrogens with zero attached hydrogens (tertiary/aromatic N) is 2. The minimum Gasteiger partial charge on any atom is -0.331 e. The molecule has 1 amide bonds. The third-order valence-electron chi connectivity index (χ3n) is 5.73. The number of anilines is 1. The van der Waals surface area contributed by atoms with Crippen molar-refractivity contribution >= 4 is 27.7 Å². The predicted molar refractivity (Wildman–Crippen MR) is 129 cm³/mol. The summed E-state index contributed by atoms with van der Waals surface area (Å²) in [6.07, 6.45) is 3.82. The molecule has 1 heterocycles. The van der Waals surface area contributed by atoms with Crippen molar-refractivity contribution in [3.8, 4) is 0 Å². The van der Waals surface area contributed by atoms with Crippen LogP contribution in [0.5, 0.6) is 0 Å². The molecular formula is C26H25FN2O3S. The minimum atomic E-state index is -3.22. The number of carbonyl (C=O) groups is 1. The molecule has 1 fully saturated rings. The summed E-state index contributed by atoms with van der Waals surface area (Å²) in [4.78, 5) is 14.6. The van der Waals surface area contributed by atoms with Crippen molar-refractivity contribution in [1.82, 2.24) is 4.90 Å². The molecule has 1 aliphatic rings. The Bertz CT molecular complexity index is 1240. The molecule has 0 N–H and O–H groups in total. The molecule has 33 heavy (non-hydrogen) atoms. The molecule has 7 heteroatoms. The molecule has 0 bridgehead atoms. The van der Waals surface area contributed by atoms with Crippen LogP contribution in [0.3, 0.4) is 0 Å². The van der Waals surface area contributed by atoms with Crippen LogP contribution in [0.4, 0.5) is 10.1 Å². The molecule has 0 aliphatic carbocycles. The quantitative estimate of drug-likeness (QED) is 0.500. The highest BCUT2D eigenvalue weighted by Crippen LogP contribution is 2.28. The molecule has 5 nitrogen and oxygen atoms in total. The summed E-state index contributed by atoms with van der Waals surface area (Å²) >= 11 is 0. The van der Waals surface area contributed by atoms with Gasteiger partial charge in [0, 0.05) is 19.7 Å². The zero-order chi connectivity index (χ0) is 23.4. The average Bonchev–Trinajstić information content (AvgIpc) is 3.18. The van der Waals surface area contributed by atoms with Crippen LogP contribution in [-0.4, -0.2) is 38.6 Å². The third kappa shape index (κ3) is 5.14. The van der Waals surface area contributed by atoms with E-state index in [0.717, 1.165) is 16.7 Å². The van der Waals surface area contributed by atoms with Gasteiger partial charge in [-0.2, -0.15) is 0 Å². The molecule has 1 saturated heterocycles. The highest BCUT2D eigenvalue weighted by molar-refractivity contribution is 7.93. The molecule has 0 spiro atoms. The van der Waals surface area contributed by atoms with Crippen molar-refractivity contribution in [2.75, 3.05) is 23.7 Å². The van der Waals surface area contributed by atoms with E-state index in [9.17, 15) is 17.6 Å². The van der Waals surface area contributed by atoms with E-state index >= 15 is 0 Å². The van der Waals surface area contributed by atoms with Gasteiger partial charge in [-0.25, -0.2) is 12.8 Å². The van der Waals surface area contributed by atoms with Gasteiger partial charge in [0.15, 0.2) is 0 Å². The van der Waals surface area contributed by atoms with Gasteiger partial charge in [-0.1, -0.05) is 54.6 Å². The molecule has 4 rings (SSSR count). The smallest absolute Gasteiger partial charge is 0.247 e. The van der Waals surface area contributed by atoms with E-state index < -0.39 is 10.0 Å². The van der Waals surface area contributed by atoms with Gasteiger partial charge >= 0.3 is 0 Å². The SMILES string of the molecule is CN(C(=O)/C=C/c1ccc(N2CCCS2(=O)=O)cc1)C(c1ccccc1)c1ccc(F)cc1. The second kappa shape index (κ2) is 9.58. The van der Waals surface area contributed by atoms with E-state index in [1.54, 1.807) is 54.4 Å². The Morgan fingerprint density at radius 1 is 0.970 bits per heavy atom. The lowest BCUT2D eigenvalue weighted by atomic mass is 9.97. The molecule has 0 saturated carbocycles. The van der Waals surface area contributed by atoms with Gasteiger partial charge in [-0.15, -0.1) is 0 Å². The number of hydrogen-bond acceptors (Lipinski definition) is 3. The zero-order valence-corrected chi connectivity index (χ0v) is 19.1. The van der Waals surface area contributed by atoms with Crippen LogP contribution >= 0.6 is 0 Å². The van der Waals surface area contributed by atoms with E-state index in [2.05, 4.69) is 0 Å². The Kier molecular flexibility index (Phi) is 6.60. The third-order valence-corrected chi connectivity index (χ3v) is 7.60. The van der Waals surface area contributed by atoms with Crippen LogP contribution in [0.2, 0.25) is 0 Å². The number of halogens is 1. The second-order valence-electron chi connectivity index (χ2n) is 7.98. The fourth-order valence-electron chi connectivity index (χ4n) is 4.01. The maximum Gasteiger partial charge on any atom is 0.247 e. The van der Waals surface area contributed by atoms with E-state index in [1.165, 1.54) is 22.5 Å². The summed E-state index contributed by atoms with van der Waals surface area (Å²) in [6, 6.07) is 22.5. The normalized spacial score (nSPS) is 16.1. The first-order valence-corrected chi connectivity index (χ1v) is 12.3. The van der Waals surface area contributed by atoms with E-state index in [4.69, 9.17) is 0 Å². The first kappa shape index (κ1) is 22.7. The fraction of sp³-hybridized carbons (Fsp3) is 0.192. The van der Waals surface area contributed by atoms with Gasteiger partial charge in [-0.3, -0.25) is 9.10 Å². The van der Waals surface area contributed by atoms with E-state index in [-0.39, 0.29) is 23.5 Å². The van der Waals surface area contributed by atoms with Gasteiger partial charge in [0.05, 0.1) is 17.5 Å². The standard InChI is InChI=1S/C26H25FN2O3S/c1-28(26(21-6-3-2-4-7-21)22-11-13-23(27)14-12-22)25(30)17-10-20-8-15-24(16-9-20)29-18-5-19-33(29,31)32/h2-4,6-17,26H,5,18-19H2,1H3/b17-10+. The predicted octanol–water partition coefficient (Wildman–Crippen LogP) is 4.63. The summed E-state index contributed by atoms with van der Waals surface area (Å²) in [5, 5.41) is 0. The maximum atomic E-state index is 13.5. The molecule has 170 valence electrons. The van der Waals surface area contributed by atoms with E-state index in [1.807, 2.05) is 30.3 Å². The molecule has 0 radical (unpaired) electrons.